The number of pyridine rings is 1. The molecule has 3 amide bonds. The van der Waals surface area contributed by atoms with Crippen molar-refractivity contribution in [3.05, 3.63) is 30.2 Å². The van der Waals surface area contributed by atoms with Gasteiger partial charge in [0.05, 0.1) is 24.3 Å². The number of amides is 3. The highest BCUT2D eigenvalue weighted by Gasteiger charge is 2.36. The minimum atomic E-state index is -0.717. The minimum Gasteiger partial charge on any atom is -0.391 e. The second-order valence-corrected chi connectivity index (χ2v) is 7.60. The lowest BCUT2D eigenvalue weighted by Crippen LogP contribution is -2.50. The molecule has 2 aliphatic rings. The molecule has 2 fully saturated rings. The fourth-order valence-electron chi connectivity index (χ4n) is 3.99. The van der Waals surface area contributed by atoms with E-state index in [0.717, 1.165) is 6.42 Å². The van der Waals surface area contributed by atoms with Crippen LogP contribution < -0.4 is 10.6 Å². The summed E-state index contributed by atoms with van der Waals surface area (Å²) in [6.07, 6.45) is 4.28. The van der Waals surface area contributed by atoms with Gasteiger partial charge in [0.25, 0.3) is 5.91 Å². The van der Waals surface area contributed by atoms with E-state index in [1.54, 1.807) is 23.2 Å². The van der Waals surface area contributed by atoms with E-state index in [9.17, 15) is 19.5 Å². The third kappa shape index (κ3) is 4.21. The van der Waals surface area contributed by atoms with Gasteiger partial charge in [0.1, 0.15) is 6.33 Å². The monoisotopic (exact) mass is 400 g/mol. The van der Waals surface area contributed by atoms with Crippen LogP contribution in [0.15, 0.2) is 24.7 Å². The molecule has 4 rings (SSSR count). The van der Waals surface area contributed by atoms with Crippen molar-refractivity contribution in [2.45, 2.75) is 37.8 Å². The molecule has 154 valence electrons. The highest BCUT2D eigenvalue weighted by Crippen LogP contribution is 2.27. The fraction of sp³-hybridized carbons (Fsp3) is 0.526. The zero-order chi connectivity index (χ0) is 20.4. The number of nitrogens with zero attached hydrogens (tertiary/aromatic N) is 4. The summed E-state index contributed by atoms with van der Waals surface area (Å²) < 4.78 is 1.50. The van der Waals surface area contributed by atoms with Gasteiger partial charge in [-0.3, -0.25) is 14.4 Å². The van der Waals surface area contributed by atoms with E-state index < -0.39 is 12.1 Å². The highest BCUT2D eigenvalue weighted by atomic mass is 16.3. The second kappa shape index (κ2) is 8.16. The molecule has 1 saturated carbocycles. The lowest BCUT2D eigenvalue weighted by molar-refractivity contribution is -0.140. The second-order valence-electron chi connectivity index (χ2n) is 7.60. The first-order valence-corrected chi connectivity index (χ1v) is 9.85. The van der Waals surface area contributed by atoms with Crippen LogP contribution in [0.5, 0.6) is 0 Å². The van der Waals surface area contributed by atoms with Crippen molar-refractivity contribution < 1.29 is 19.5 Å². The van der Waals surface area contributed by atoms with Crippen LogP contribution in [0.3, 0.4) is 0 Å². The van der Waals surface area contributed by atoms with Crippen molar-refractivity contribution in [1.29, 1.82) is 0 Å². The van der Waals surface area contributed by atoms with Gasteiger partial charge in [-0.15, -0.1) is 0 Å². The average Bonchev–Trinajstić information content (AvgIpc) is 3.08. The van der Waals surface area contributed by atoms with Gasteiger partial charge in [-0.1, -0.05) is 0 Å². The summed E-state index contributed by atoms with van der Waals surface area (Å²) in [7, 11) is 0. The molecule has 2 aromatic heterocycles. The molecule has 0 radical (unpaired) electrons. The summed E-state index contributed by atoms with van der Waals surface area (Å²) in [5.74, 6) is -0.904. The molecular formula is C19H24N6O4. The number of fused-ring (bicyclic) bond motifs is 1. The average molecular weight is 400 g/mol. The van der Waals surface area contributed by atoms with Crippen molar-refractivity contribution in [2.75, 3.05) is 19.6 Å². The molecule has 10 heteroatoms. The number of aliphatic hydroxyl groups is 1. The van der Waals surface area contributed by atoms with Crippen LogP contribution in [0.4, 0.5) is 0 Å². The van der Waals surface area contributed by atoms with Gasteiger partial charge in [-0.05, 0) is 37.8 Å². The Morgan fingerprint density at radius 1 is 1.28 bits per heavy atom. The maximum atomic E-state index is 12.9. The maximum absolute atomic E-state index is 12.9. The number of aromatic nitrogens is 3. The Balaban J connectivity index is 1.42. The summed E-state index contributed by atoms with van der Waals surface area (Å²) in [4.78, 5) is 43.0. The normalized spacial score (nSPS) is 25.3. The largest absolute Gasteiger partial charge is 0.391 e. The van der Waals surface area contributed by atoms with E-state index >= 15 is 0 Å². The number of carbonyl (C=O) groups is 3. The van der Waals surface area contributed by atoms with Crippen LogP contribution in [-0.2, 0) is 9.59 Å². The Morgan fingerprint density at radius 3 is 3.00 bits per heavy atom. The topological polar surface area (TPSA) is 129 Å². The number of aliphatic hydroxyl groups excluding tert-OH is 1. The Kier molecular flexibility index (Phi) is 5.43. The van der Waals surface area contributed by atoms with Crippen LogP contribution in [-0.4, -0.2) is 74.1 Å². The summed E-state index contributed by atoms with van der Waals surface area (Å²) in [6.45, 7) is 1.17. The van der Waals surface area contributed by atoms with Gasteiger partial charge in [-0.2, -0.15) is 5.10 Å². The summed E-state index contributed by atoms with van der Waals surface area (Å²) in [5.41, 5.74) is 1.03. The van der Waals surface area contributed by atoms with E-state index in [2.05, 4.69) is 20.7 Å². The number of hydrogen-bond donors (Lipinski definition) is 3. The van der Waals surface area contributed by atoms with Crippen molar-refractivity contribution in [1.82, 2.24) is 30.1 Å². The van der Waals surface area contributed by atoms with E-state index in [1.165, 1.54) is 10.8 Å². The molecule has 0 aromatic carbocycles. The van der Waals surface area contributed by atoms with Crippen LogP contribution in [0, 0.1) is 5.92 Å². The van der Waals surface area contributed by atoms with E-state index in [1.807, 2.05) is 0 Å². The Bertz CT molecular complexity index is 928. The van der Waals surface area contributed by atoms with Crippen LogP contribution in [0.25, 0.3) is 5.65 Å². The van der Waals surface area contributed by atoms with Gasteiger partial charge in [-0.25, -0.2) is 9.50 Å². The first kappa shape index (κ1) is 19.3. The van der Waals surface area contributed by atoms with Gasteiger partial charge in [0, 0.05) is 25.2 Å². The summed E-state index contributed by atoms with van der Waals surface area (Å²) in [5, 5.41) is 20.0. The number of nitrogens with one attached hydrogen (secondary N) is 2. The number of carbonyl (C=O) groups excluding carboxylic acids is 3. The smallest absolute Gasteiger partial charge is 0.253 e. The SMILES string of the molecule is O=C1CN(C(=O)[C@H]2CC[C@@H](O)[C@H](NC(=O)c3ccc4ncnn4c3)C2)CCCN1. The van der Waals surface area contributed by atoms with Crippen LogP contribution in [0.1, 0.15) is 36.0 Å². The van der Waals surface area contributed by atoms with Gasteiger partial charge in [0.15, 0.2) is 5.65 Å². The first-order chi connectivity index (χ1) is 14.0. The zero-order valence-electron chi connectivity index (χ0n) is 16.0. The molecule has 0 unspecified atom stereocenters. The molecular weight excluding hydrogens is 376 g/mol. The number of hydrogen-bond acceptors (Lipinski definition) is 6. The molecule has 1 aliphatic carbocycles. The summed E-state index contributed by atoms with van der Waals surface area (Å²) >= 11 is 0. The van der Waals surface area contributed by atoms with Crippen LogP contribution in [0.2, 0.25) is 0 Å². The Morgan fingerprint density at radius 2 is 2.14 bits per heavy atom. The maximum Gasteiger partial charge on any atom is 0.253 e. The Hall–Kier alpha value is -3.01. The molecule has 1 aliphatic heterocycles. The van der Waals surface area contributed by atoms with Crippen LogP contribution >= 0.6 is 0 Å². The summed E-state index contributed by atoms with van der Waals surface area (Å²) in [6, 6.07) is 2.81. The first-order valence-electron chi connectivity index (χ1n) is 9.85. The van der Waals surface area contributed by atoms with E-state index in [-0.39, 0.29) is 30.2 Å². The van der Waals surface area contributed by atoms with Crippen molar-refractivity contribution >= 4 is 23.4 Å². The lowest BCUT2D eigenvalue weighted by atomic mass is 9.82. The highest BCUT2D eigenvalue weighted by molar-refractivity contribution is 5.94. The van der Waals surface area contributed by atoms with E-state index in [4.69, 9.17) is 0 Å². The minimum absolute atomic E-state index is 0.0623. The molecule has 0 bridgehead atoms. The zero-order valence-corrected chi connectivity index (χ0v) is 16.0. The third-order valence-corrected chi connectivity index (χ3v) is 5.59. The van der Waals surface area contributed by atoms with Crippen molar-refractivity contribution in [2.24, 2.45) is 5.92 Å². The predicted octanol–water partition coefficient (Wildman–Crippen LogP) is -0.663. The lowest BCUT2D eigenvalue weighted by Gasteiger charge is -2.35. The number of rotatable bonds is 3. The molecule has 0 spiro atoms. The molecule has 1 saturated heterocycles. The van der Waals surface area contributed by atoms with Crippen molar-refractivity contribution in [3.63, 3.8) is 0 Å². The predicted molar refractivity (Wildman–Crippen MR) is 102 cm³/mol. The van der Waals surface area contributed by atoms with E-state index in [0.29, 0.717) is 43.6 Å². The quantitative estimate of drug-likeness (QED) is 0.627. The standard InChI is InChI=1S/C19H24N6O4/c26-15-4-2-12(19(29)24-7-1-6-20-17(27)10-24)8-14(15)23-18(28)13-3-5-16-21-11-22-25(16)9-13/h3,5,9,11-12,14-15,26H,1-2,4,6-8,10H2,(H,20,27)(H,23,28)/t12-,14+,15+/m0/s1. The van der Waals surface area contributed by atoms with Gasteiger partial charge < -0.3 is 20.6 Å². The van der Waals surface area contributed by atoms with Crippen molar-refractivity contribution in [3.8, 4) is 0 Å². The van der Waals surface area contributed by atoms with Gasteiger partial charge in [0.2, 0.25) is 11.8 Å². The molecule has 2 aromatic rings. The third-order valence-electron chi connectivity index (χ3n) is 5.59. The van der Waals surface area contributed by atoms with Gasteiger partial charge >= 0.3 is 0 Å². The molecule has 3 heterocycles. The fourth-order valence-corrected chi connectivity index (χ4v) is 3.99. The molecule has 10 nitrogen and oxygen atoms in total. The molecule has 3 atom stereocenters. The molecule has 3 N–H and O–H groups in total. The molecule has 29 heavy (non-hydrogen) atoms. The Labute approximate surface area is 167 Å².